The molecule has 1 unspecified atom stereocenters. The molecule has 1 rings (SSSR count). The van der Waals surface area contributed by atoms with Crippen LogP contribution in [0.4, 0.5) is 5.69 Å². The molecule has 0 saturated heterocycles. The molecule has 0 aliphatic carbocycles. The summed E-state index contributed by atoms with van der Waals surface area (Å²) in [6, 6.07) is 5.32. The number of anilines is 1. The number of thioether (sulfide) groups is 1. The minimum atomic E-state index is -0.396. The van der Waals surface area contributed by atoms with Crippen molar-refractivity contribution in [1.82, 2.24) is 0 Å². The van der Waals surface area contributed by atoms with Crippen LogP contribution in [0.3, 0.4) is 0 Å². The first-order valence-electron chi connectivity index (χ1n) is 5.92. The molecule has 0 saturated carbocycles. The number of hydrogen-bond acceptors (Lipinski definition) is 5. The number of benzene rings is 1. The second kappa shape index (κ2) is 7.28. The number of carbonyl (C=O) groups is 1. The van der Waals surface area contributed by atoms with Crippen molar-refractivity contribution in [2.24, 2.45) is 0 Å². The molecule has 0 heterocycles. The molecule has 4 nitrogen and oxygen atoms in total. The van der Waals surface area contributed by atoms with Gasteiger partial charge < -0.3 is 15.6 Å². The largest absolute Gasteiger partial charge is 0.462 e. The van der Waals surface area contributed by atoms with E-state index in [0.717, 1.165) is 4.90 Å². The topological polar surface area (TPSA) is 72.5 Å². The number of nitrogen functional groups attached to an aromatic ring is 1. The quantitative estimate of drug-likeness (QED) is 0.471. The molecule has 0 bridgehead atoms. The highest BCUT2D eigenvalue weighted by molar-refractivity contribution is 7.99. The van der Waals surface area contributed by atoms with Crippen LogP contribution in [-0.2, 0) is 4.74 Å². The molecule has 3 N–H and O–H groups in total. The van der Waals surface area contributed by atoms with Gasteiger partial charge in [0.05, 0.1) is 12.2 Å². The molecule has 1 aromatic rings. The molecule has 18 heavy (non-hydrogen) atoms. The summed E-state index contributed by atoms with van der Waals surface area (Å²) in [5.74, 6) is -0.396. The molecular weight excluding hydrogens is 250 g/mol. The van der Waals surface area contributed by atoms with Crippen LogP contribution >= 0.6 is 11.8 Å². The van der Waals surface area contributed by atoms with Crippen LogP contribution in [0.25, 0.3) is 0 Å². The third kappa shape index (κ3) is 4.23. The van der Waals surface area contributed by atoms with E-state index in [4.69, 9.17) is 15.6 Å². The van der Waals surface area contributed by atoms with Gasteiger partial charge in [-0.2, -0.15) is 0 Å². The van der Waals surface area contributed by atoms with E-state index < -0.39 is 5.97 Å². The molecule has 0 radical (unpaired) electrons. The number of aliphatic hydroxyl groups excluding tert-OH is 1. The first-order chi connectivity index (χ1) is 8.58. The maximum atomic E-state index is 11.7. The van der Waals surface area contributed by atoms with Gasteiger partial charge in [-0.3, -0.25) is 0 Å². The summed E-state index contributed by atoms with van der Waals surface area (Å²) < 4.78 is 4.95. The molecule has 1 atom stereocenters. The second-order valence-electron chi connectivity index (χ2n) is 3.91. The Bertz CT molecular complexity index is 409. The van der Waals surface area contributed by atoms with Crippen molar-refractivity contribution in [2.45, 2.75) is 30.4 Å². The summed E-state index contributed by atoms with van der Waals surface area (Å²) in [6.07, 6.45) is 0.712. The van der Waals surface area contributed by atoms with Crippen LogP contribution < -0.4 is 5.73 Å². The number of ether oxygens (including phenoxy) is 1. The van der Waals surface area contributed by atoms with Gasteiger partial charge in [-0.25, -0.2) is 4.79 Å². The highest BCUT2D eigenvalue weighted by Crippen LogP contribution is 2.28. The zero-order valence-corrected chi connectivity index (χ0v) is 11.5. The van der Waals surface area contributed by atoms with E-state index in [1.165, 1.54) is 0 Å². The number of carbonyl (C=O) groups excluding carboxylic acids is 1. The first-order valence-corrected chi connectivity index (χ1v) is 6.80. The second-order valence-corrected chi connectivity index (χ2v) is 5.42. The third-order valence-electron chi connectivity index (χ3n) is 2.39. The summed E-state index contributed by atoms with van der Waals surface area (Å²) in [6.45, 7) is 4.28. The smallest absolute Gasteiger partial charge is 0.340 e. The molecule has 0 aromatic heterocycles. The minimum Gasteiger partial charge on any atom is -0.462 e. The Morgan fingerprint density at radius 3 is 2.89 bits per heavy atom. The van der Waals surface area contributed by atoms with E-state index >= 15 is 0 Å². The molecule has 0 amide bonds. The summed E-state index contributed by atoms with van der Waals surface area (Å²) in [5, 5.41) is 9.15. The number of esters is 1. The van der Waals surface area contributed by atoms with Crippen molar-refractivity contribution in [3.63, 3.8) is 0 Å². The summed E-state index contributed by atoms with van der Waals surface area (Å²) in [7, 11) is 0. The summed E-state index contributed by atoms with van der Waals surface area (Å²) in [5.41, 5.74) is 6.58. The summed E-state index contributed by atoms with van der Waals surface area (Å²) >= 11 is 1.60. The molecular formula is C13H19NO3S. The number of hydrogen-bond donors (Lipinski definition) is 2. The van der Waals surface area contributed by atoms with Gasteiger partial charge in [0.25, 0.3) is 0 Å². The molecule has 0 spiro atoms. The van der Waals surface area contributed by atoms with Crippen LogP contribution in [0.15, 0.2) is 23.1 Å². The Labute approximate surface area is 112 Å². The zero-order valence-electron chi connectivity index (χ0n) is 10.7. The van der Waals surface area contributed by atoms with Crippen LogP contribution in [0.1, 0.15) is 30.6 Å². The predicted octanol–water partition coefficient (Wildman–Crippen LogP) is 2.31. The van der Waals surface area contributed by atoms with Gasteiger partial charge in [0, 0.05) is 22.4 Å². The standard InChI is InChI=1S/C13H19NO3S/c1-3-17-13(16)11-8-10(4-5-12(11)14)18-9(2)6-7-15/h4-5,8-9,15H,3,6-7,14H2,1-2H3. The van der Waals surface area contributed by atoms with E-state index in [-0.39, 0.29) is 11.9 Å². The lowest BCUT2D eigenvalue weighted by molar-refractivity contribution is 0.0527. The minimum absolute atomic E-state index is 0.161. The van der Waals surface area contributed by atoms with Gasteiger partial charge in [-0.15, -0.1) is 11.8 Å². The lowest BCUT2D eigenvalue weighted by Crippen LogP contribution is -2.08. The van der Waals surface area contributed by atoms with E-state index in [0.29, 0.717) is 24.3 Å². The van der Waals surface area contributed by atoms with Crippen molar-refractivity contribution in [3.05, 3.63) is 23.8 Å². The van der Waals surface area contributed by atoms with E-state index in [2.05, 4.69) is 0 Å². The fourth-order valence-corrected chi connectivity index (χ4v) is 2.49. The molecule has 1 aromatic carbocycles. The normalized spacial score (nSPS) is 12.2. The highest BCUT2D eigenvalue weighted by Gasteiger charge is 2.13. The van der Waals surface area contributed by atoms with Gasteiger partial charge in [0.15, 0.2) is 0 Å². The van der Waals surface area contributed by atoms with Crippen molar-refractivity contribution < 1.29 is 14.6 Å². The van der Waals surface area contributed by atoms with Crippen LogP contribution in [0.2, 0.25) is 0 Å². The van der Waals surface area contributed by atoms with Crippen molar-refractivity contribution in [1.29, 1.82) is 0 Å². The Morgan fingerprint density at radius 2 is 2.28 bits per heavy atom. The van der Waals surface area contributed by atoms with Crippen LogP contribution in [0, 0.1) is 0 Å². The predicted molar refractivity (Wildman–Crippen MR) is 73.8 cm³/mol. The SMILES string of the molecule is CCOC(=O)c1cc(SC(C)CCO)ccc1N. The molecule has 100 valence electrons. The van der Waals surface area contributed by atoms with Gasteiger partial charge in [-0.05, 0) is 31.5 Å². The van der Waals surface area contributed by atoms with E-state index in [9.17, 15) is 4.79 Å². The number of rotatable bonds is 6. The number of nitrogens with two attached hydrogens (primary N) is 1. The van der Waals surface area contributed by atoms with Crippen LogP contribution in [-0.4, -0.2) is 29.5 Å². The van der Waals surface area contributed by atoms with Gasteiger partial charge in [0.1, 0.15) is 0 Å². The summed E-state index contributed by atoms with van der Waals surface area (Å²) in [4.78, 5) is 12.6. The molecule has 0 fully saturated rings. The fourth-order valence-electron chi connectivity index (χ4n) is 1.47. The zero-order chi connectivity index (χ0) is 13.5. The maximum absolute atomic E-state index is 11.7. The van der Waals surface area contributed by atoms with Gasteiger partial charge >= 0.3 is 5.97 Å². The average molecular weight is 269 g/mol. The molecule has 0 aliphatic rings. The van der Waals surface area contributed by atoms with E-state index in [1.807, 2.05) is 13.0 Å². The Hall–Kier alpha value is -1.20. The van der Waals surface area contributed by atoms with Crippen molar-refractivity contribution in [3.8, 4) is 0 Å². The van der Waals surface area contributed by atoms with Crippen molar-refractivity contribution in [2.75, 3.05) is 18.9 Å². The lowest BCUT2D eigenvalue weighted by atomic mass is 10.2. The molecule has 5 heteroatoms. The van der Waals surface area contributed by atoms with Gasteiger partial charge in [0.2, 0.25) is 0 Å². The first kappa shape index (κ1) is 14.9. The Kier molecular flexibility index (Phi) is 6.01. The fraction of sp³-hybridized carbons (Fsp3) is 0.462. The number of aliphatic hydroxyl groups is 1. The lowest BCUT2D eigenvalue weighted by Gasteiger charge is -2.11. The monoisotopic (exact) mass is 269 g/mol. The third-order valence-corrected chi connectivity index (χ3v) is 3.56. The van der Waals surface area contributed by atoms with Gasteiger partial charge in [-0.1, -0.05) is 6.92 Å². The maximum Gasteiger partial charge on any atom is 0.340 e. The van der Waals surface area contributed by atoms with E-state index in [1.54, 1.807) is 30.8 Å². The van der Waals surface area contributed by atoms with Crippen LogP contribution in [0.5, 0.6) is 0 Å². The highest BCUT2D eigenvalue weighted by atomic mass is 32.2. The Morgan fingerprint density at radius 1 is 1.56 bits per heavy atom. The average Bonchev–Trinajstić information content (AvgIpc) is 2.32. The van der Waals surface area contributed by atoms with Crippen molar-refractivity contribution >= 4 is 23.4 Å². The Balaban J connectivity index is 2.83. The molecule has 0 aliphatic heterocycles.